The molecular weight excluding hydrogens is 122 g/mol. The first-order valence-electron chi connectivity index (χ1n) is 3.23. The summed E-state index contributed by atoms with van der Waals surface area (Å²) in [5.74, 6) is -2.40. The first kappa shape index (κ1) is 6.72. The van der Waals surface area contributed by atoms with Gasteiger partial charge < -0.3 is 0 Å². The fraction of sp³-hybridized carbons (Fsp3) is 0.714. The average Bonchev–Trinajstić information content (AvgIpc) is 1.92. The zero-order valence-corrected chi connectivity index (χ0v) is 5.24. The van der Waals surface area contributed by atoms with Crippen molar-refractivity contribution in [3.05, 3.63) is 12.2 Å². The first-order chi connectivity index (χ1) is 4.21. The summed E-state index contributed by atoms with van der Waals surface area (Å²) in [5.41, 5.74) is 0. The normalized spacial score (nSPS) is 25.6. The summed E-state index contributed by atoms with van der Waals surface area (Å²) in [6.45, 7) is 0. The van der Waals surface area contributed by atoms with E-state index in [9.17, 15) is 8.78 Å². The van der Waals surface area contributed by atoms with E-state index in [2.05, 4.69) is 0 Å². The van der Waals surface area contributed by atoms with Gasteiger partial charge >= 0.3 is 0 Å². The van der Waals surface area contributed by atoms with Crippen molar-refractivity contribution in [2.45, 2.75) is 31.6 Å². The van der Waals surface area contributed by atoms with E-state index >= 15 is 0 Å². The second-order valence-corrected chi connectivity index (χ2v) is 2.40. The largest absolute Gasteiger partial charge is 0.248 e. The zero-order valence-electron chi connectivity index (χ0n) is 5.24. The van der Waals surface area contributed by atoms with Gasteiger partial charge in [-0.05, 0) is 12.8 Å². The van der Waals surface area contributed by atoms with Crippen molar-refractivity contribution < 1.29 is 8.78 Å². The van der Waals surface area contributed by atoms with Gasteiger partial charge in [0.15, 0.2) is 0 Å². The smallest absolute Gasteiger partial charge is 0.207 e. The number of rotatable bonds is 0. The summed E-state index contributed by atoms with van der Waals surface area (Å²) >= 11 is 0. The third-order valence-electron chi connectivity index (χ3n) is 1.52. The van der Waals surface area contributed by atoms with Crippen LogP contribution in [-0.4, -0.2) is 5.92 Å². The fourth-order valence-electron chi connectivity index (χ4n) is 0.950. The lowest BCUT2D eigenvalue weighted by molar-refractivity contribution is -0.0124. The summed E-state index contributed by atoms with van der Waals surface area (Å²) in [4.78, 5) is 0. The van der Waals surface area contributed by atoms with E-state index in [-0.39, 0.29) is 12.8 Å². The van der Waals surface area contributed by atoms with Crippen LogP contribution < -0.4 is 0 Å². The molecule has 0 aromatic heterocycles. The Morgan fingerprint density at radius 1 is 1.00 bits per heavy atom. The van der Waals surface area contributed by atoms with Gasteiger partial charge in [0, 0.05) is 12.8 Å². The summed E-state index contributed by atoms with van der Waals surface area (Å²) in [6.07, 6.45) is 4.80. The number of hydrogen-bond acceptors (Lipinski definition) is 0. The van der Waals surface area contributed by atoms with E-state index in [1.807, 2.05) is 12.2 Å². The molecule has 0 bridgehead atoms. The predicted molar refractivity (Wildman–Crippen MR) is 32.6 cm³/mol. The fourth-order valence-corrected chi connectivity index (χ4v) is 0.950. The minimum absolute atomic E-state index is 0.0312. The van der Waals surface area contributed by atoms with Gasteiger partial charge in [-0.15, -0.1) is 0 Å². The van der Waals surface area contributed by atoms with E-state index in [0.717, 1.165) is 0 Å². The molecule has 0 N–H and O–H groups in total. The van der Waals surface area contributed by atoms with Crippen LogP contribution in [0.2, 0.25) is 0 Å². The lowest BCUT2D eigenvalue weighted by atomic mass is 10.1. The second-order valence-electron chi connectivity index (χ2n) is 2.40. The Bertz CT molecular complexity index is 104. The van der Waals surface area contributed by atoms with Gasteiger partial charge in [0.25, 0.3) is 0 Å². The van der Waals surface area contributed by atoms with Gasteiger partial charge in [-0.2, -0.15) is 0 Å². The van der Waals surface area contributed by atoms with Crippen molar-refractivity contribution >= 4 is 0 Å². The van der Waals surface area contributed by atoms with E-state index < -0.39 is 5.92 Å². The zero-order chi connectivity index (χ0) is 6.74. The molecule has 1 aliphatic rings. The molecule has 0 unspecified atom stereocenters. The molecule has 1 rings (SSSR count). The van der Waals surface area contributed by atoms with Crippen LogP contribution in [0.1, 0.15) is 25.7 Å². The van der Waals surface area contributed by atoms with Crippen LogP contribution in [0, 0.1) is 0 Å². The molecule has 0 radical (unpaired) electrons. The maximum absolute atomic E-state index is 12.4. The lowest BCUT2D eigenvalue weighted by Gasteiger charge is -2.11. The average molecular weight is 132 g/mol. The van der Waals surface area contributed by atoms with Gasteiger partial charge in [-0.1, -0.05) is 12.2 Å². The Morgan fingerprint density at radius 3 is 1.89 bits per heavy atom. The minimum Gasteiger partial charge on any atom is -0.207 e. The van der Waals surface area contributed by atoms with Gasteiger partial charge in [0.05, 0.1) is 0 Å². The van der Waals surface area contributed by atoms with Crippen molar-refractivity contribution in [2.75, 3.05) is 0 Å². The van der Waals surface area contributed by atoms with Crippen molar-refractivity contribution in [1.82, 2.24) is 0 Å². The number of allylic oxidation sites excluding steroid dienone is 2. The molecule has 0 spiro atoms. The third-order valence-corrected chi connectivity index (χ3v) is 1.52. The third kappa shape index (κ3) is 2.12. The molecule has 52 valence electrons. The lowest BCUT2D eigenvalue weighted by Crippen LogP contribution is -2.13. The van der Waals surface area contributed by atoms with E-state index in [1.165, 1.54) is 0 Å². The van der Waals surface area contributed by atoms with Crippen LogP contribution in [0.4, 0.5) is 8.78 Å². The molecule has 0 atom stereocenters. The van der Waals surface area contributed by atoms with E-state index in [0.29, 0.717) is 12.8 Å². The Morgan fingerprint density at radius 2 is 1.44 bits per heavy atom. The molecule has 0 saturated heterocycles. The standard InChI is InChI=1S/C7H10F2/c8-7(9)5-3-1-2-4-6-7/h1-2H,3-6H2. The number of hydrogen-bond donors (Lipinski definition) is 0. The first-order valence-corrected chi connectivity index (χ1v) is 3.23. The molecular formula is C7H10F2. The van der Waals surface area contributed by atoms with Crippen molar-refractivity contribution in [3.8, 4) is 0 Å². The van der Waals surface area contributed by atoms with Gasteiger partial charge in [0.1, 0.15) is 0 Å². The molecule has 0 aromatic rings. The monoisotopic (exact) mass is 132 g/mol. The number of alkyl halides is 2. The molecule has 0 aliphatic heterocycles. The topological polar surface area (TPSA) is 0 Å². The quantitative estimate of drug-likeness (QED) is 0.444. The molecule has 0 saturated carbocycles. The highest BCUT2D eigenvalue weighted by Crippen LogP contribution is 2.28. The van der Waals surface area contributed by atoms with Crippen LogP contribution in [0.15, 0.2) is 12.2 Å². The SMILES string of the molecule is FC1(F)CCC=CCC1. The summed E-state index contributed by atoms with van der Waals surface area (Å²) < 4.78 is 24.8. The molecule has 9 heavy (non-hydrogen) atoms. The summed E-state index contributed by atoms with van der Waals surface area (Å²) in [7, 11) is 0. The van der Waals surface area contributed by atoms with Crippen molar-refractivity contribution in [3.63, 3.8) is 0 Å². The second kappa shape index (κ2) is 2.46. The van der Waals surface area contributed by atoms with Crippen LogP contribution >= 0.6 is 0 Å². The van der Waals surface area contributed by atoms with Gasteiger partial charge in [0.2, 0.25) is 5.92 Å². The van der Waals surface area contributed by atoms with Gasteiger partial charge in [-0.3, -0.25) is 0 Å². The van der Waals surface area contributed by atoms with Crippen molar-refractivity contribution in [1.29, 1.82) is 0 Å². The highest BCUT2D eigenvalue weighted by atomic mass is 19.3. The predicted octanol–water partition coefficient (Wildman–Crippen LogP) is 2.75. The highest BCUT2D eigenvalue weighted by Gasteiger charge is 2.27. The van der Waals surface area contributed by atoms with E-state index in [1.54, 1.807) is 0 Å². The molecule has 0 nitrogen and oxygen atoms in total. The maximum atomic E-state index is 12.4. The highest BCUT2D eigenvalue weighted by molar-refractivity contribution is 4.89. The number of halogens is 2. The Hall–Kier alpha value is -0.400. The Kier molecular flexibility index (Phi) is 1.84. The molecule has 1 aliphatic carbocycles. The maximum Gasteiger partial charge on any atom is 0.248 e. The van der Waals surface area contributed by atoms with Crippen molar-refractivity contribution in [2.24, 2.45) is 0 Å². The summed E-state index contributed by atoms with van der Waals surface area (Å²) in [5, 5.41) is 0. The minimum atomic E-state index is -2.40. The Balaban J connectivity index is 2.44. The van der Waals surface area contributed by atoms with Crippen LogP contribution in [0.25, 0.3) is 0 Å². The molecule has 0 fully saturated rings. The summed E-state index contributed by atoms with van der Waals surface area (Å²) in [6, 6.07) is 0. The molecule has 0 heterocycles. The van der Waals surface area contributed by atoms with Crippen LogP contribution in [-0.2, 0) is 0 Å². The van der Waals surface area contributed by atoms with E-state index in [4.69, 9.17) is 0 Å². The van der Waals surface area contributed by atoms with Crippen LogP contribution in [0.3, 0.4) is 0 Å². The Labute approximate surface area is 53.6 Å². The molecule has 0 amide bonds. The molecule has 0 aromatic carbocycles. The van der Waals surface area contributed by atoms with Gasteiger partial charge in [-0.25, -0.2) is 8.78 Å². The van der Waals surface area contributed by atoms with Crippen LogP contribution in [0.5, 0.6) is 0 Å². The molecule has 2 heteroatoms.